The number of anilines is 6. The predicted molar refractivity (Wildman–Crippen MR) is 320 cm³/mol. The van der Waals surface area contributed by atoms with E-state index in [0.29, 0.717) is 17.5 Å². The van der Waals surface area contributed by atoms with Gasteiger partial charge in [0.05, 0.1) is 0 Å². The maximum absolute atomic E-state index is 5.47. The van der Waals surface area contributed by atoms with Crippen LogP contribution >= 0.6 is 0 Å². The number of hydrogen-bond donors (Lipinski definition) is 0. The van der Waals surface area contributed by atoms with Crippen molar-refractivity contribution in [3.63, 3.8) is 0 Å². The zero-order valence-electron chi connectivity index (χ0n) is 45.6. The van der Waals surface area contributed by atoms with Crippen molar-refractivity contribution in [2.45, 2.75) is 105 Å². The molecule has 6 heteroatoms. The molecule has 0 unspecified atom stereocenters. The quantitative estimate of drug-likeness (QED) is 0.161. The lowest BCUT2D eigenvalue weighted by atomic mass is 9.33. The zero-order chi connectivity index (χ0) is 52.3. The highest BCUT2D eigenvalue weighted by Crippen LogP contribution is 2.51. The maximum Gasteiger partial charge on any atom is 0.252 e. The Kier molecular flexibility index (Phi) is 11.2. The van der Waals surface area contributed by atoms with E-state index in [2.05, 4.69) is 263 Å². The van der Waals surface area contributed by atoms with E-state index >= 15 is 0 Å². The standard InChI is InChI=1S/C69H66BN5/c1-66(2,3)48-37-49(67(4,5)6)40-52(39-48)74-58-35-47(65-72-63(45-25-15-13-16-26-45)71-64(73-65)46-27-17-14-18-28-46)36-59-60(58)70(56-33-31-43-23-19-21-29-54(43)61(56)74)57-34-32-44-24-20-22-30-55(44)62(57)75(59)53-41-50(68(7,8)9)38-51(42-53)69(10,11)12/h13-42H,1-12H3. The molecule has 0 N–H and O–H groups in total. The summed E-state index contributed by atoms with van der Waals surface area (Å²) in [6, 6.07) is 67.5. The highest BCUT2D eigenvalue weighted by molar-refractivity contribution is 7.00. The largest absolute Gasteiger partial charge is 0.311 e. The molecule has 5 nitrogen and oxygen atoms in total. The molecule has 12 rings (SSSR count). The minimum absolute atomic E-state index is 0.116. The van der Waals surface area contributed by atoms with Crippen molar-refractivity contribution < 1.29 is 0 Å². The van der Waals surface area contributed by atoms with Crippen molar-refractivity contribution >= 4 is 78.8 Å². The Hall–Kier alpha value is -7.83. The number of hydrogen-bond acceptors (Lipinski definition) is 5. The van der Waals surface area contributed by atoms with Crippen molar-refractivity contribution in [1.82, 2.24) is 15.0 Å². The molecule has 0 radical (unpaired) electrons. The minimum Gasteiger partial charge on any atom is -0.311 e. The van der Waals surface area contributed by atoms with Crippen LogP contribution in [0.15, 0.2) is 182 Å². The number of nitrogens with zero attached hydrogens (tertiary/aromatic N) is 5. The van der Waals surface area contributed by atoms with Gasteiger partial charge < -0.3 is 9.80 Å². The van der Waals surface area contributed by atoms with E-state index in [1.807, 2.05) is 12.1 Å². The van der Waals surface area contributed by atoms with Crippen LogP contribution in [0, 0.1) is 0 Å². The average Bonchev–Trinajstić information content (AvgIpc) is 3.40. The molecule has 1 aromatic heterocycles. The van der Waals surface area contributed by atoms with Gasteiger partial charge in [0.25, 0.3) is 6.71 Å². The molecule has 3 heterocycles. The SMILES string of the molecule is CC(C)(C)c1cc(N2c3cc(-c4nc(-c5ccccc5)nc(-c5ccccc5)n4)cc4c3B(c3ccc5ccccc5c32)c2ccc3ccccc3c2N4c2cc(C(C)(C)C)cc(C(C)(C)C)c2)cc(C(C)(C)C)c1. The molecule has 0 atom stereocenters. The third kappa shape index (κ3) is 8.40. The van der Waals surface area contributed by atoms with E-state index in [-0.39, 0.29) is 28.4 Å². The number of aromatic nitrogens is 3. The molecular formula is C69H66BN5. The van der Waals surface area contributed by atoms with Gasteiger partial charge in [-0.3, -0.25) is 0 Å². The van der Waals surface area contributed by atoms with Crippen LogP contribution in [0.1, 0.15) is 105 Å². The monoisotopic (exact) mass is 976 g/mol. The first-order valence-corrected chi connectivity index (χ1v) is 26.7. The van der Waals surface area contributed by atoms with Crippen molar-refractivity contribution in [3.8, 4) is 34.2 Å². The summed E-state index contributed by atoms with van der Waals surface area (Å²) in [4.78, 5) is 21.3. The molecule has 370 valence electrons. The maximum atomic E-state index is 5.47. The zero-order valence-corrected chi connectivity index (χ0v) is 45.6. The summed E-state index contributed by atoms with van der Waals surface area (Å²) in [6.45, 7) is 27.9. The molecule has 9 aromatic carbocycles. The number of fused-ring (bicyclic) bond motifs is 8. The van der Waals surface area contributed by atoms with E-state index in [0.717, 1.165) is 39.4 Å². The highest BCUT2D eigenvalue weighted by Gasteiger charge is 2.45. The Morgan fingerprint density at radius 3 is 1.03 bits per heavy atom. The minimum atomic E-state index is -0.122. The lowest BCUT2D eigenvalue weighted by Crippen LogP contribution is -2.61. The Labute approximate surface area is 444 Å². The third-order valence-corrected chi connectivity index (χ3v) is 15.6. The van der Waals surface area contributed by atoms with Gasteiger partial charge in [-0.25, -0.2) is 15.0 Å². The fraction of sp³-hybridized carbons (Fsp3) is 0.232. The molecule has 10 aromatic rings. The third-order valence-electron chi connectivity index (χ3n) is 15.6. The molecule has 2 aliphatic rings. The molecule has 0 saturated carbocycles. The summed E-state index contributed by atoms with van der Waals surface area (Å²) in [5.41, 5.74) is 18.2. The Morgan fingerprint density at radius 1 is 0.333 bits per heavy atom. The normalized spacial score (nSPS) is 13.5. The molecule has 0 spiro atoms. The lowest BCUT2D eigenvalue weighted by molar-refractivity contribution is 0.568. The van der Waals surface area contributed by atoms with E-state index in [1.165, 1.54) is 71.6 Å². The van der Waals surface area contributed by atoms with Crippen LogP contribution in [0.4, 0.5) is 34.1 Å². The Balaban J connectivity index is 1.28. The number of rotatable bonds is 5. The Morgan fingerprint density at radius 2 is 0.667 bits per heavy atom. The molecule has 0 saturated heterocycles. The van der Waals surface area contributed by atoms with Gasteiger partial charge in [-0.15, -0.1) is 0 Å². The molecule has 0 bridgehead atoms. The van der Waals surface area contributed by atoms with Crippen molar-refractivity contribution in [2.75, 3.05) is 9.80 Å². The van der Waals surface area contributed by atoms with Crippen LogP contribution in [-0.4, -0.2) is 21.7 Å². The second-order valence-electron chi connectivity index (χ2n) is 25.1. The topological polar surface area (TPSA) is 45.2 Å². The van der Waals surface area contributed by atoms with E-state index in [1.54, 1.807) is 0 Å². The van der Waals surface area contributed by atoms with Crippen molar-refractivity contribution in [2.24, 2.45) is 0 Å². The van der Waals surface area contributed by atoms with Gasteiger partial charge >= 0.3 is 0 Å². The second-order valence-corrected chi connectivity index (χ2v) is 25.1. The average molecular weight is 976 g/mol. The van der Waals surface area contributed by atoms with Gasteiger partial charge in [-0.1, -0.05) is 229 Å². The molecule has 2 aliphatic heterocycles. The summed E-state index contributed by atoms with van der Waals surface area (Å²) in [5.74, 6) is 1.87. The molecular weight excluding hydrogens is 910 g/mol. The molecule has 75 heavy (non-hydrogen) atoms. The van der Waals surface area contributed by atoms with E-state index in [9.17, 15) is 0 Å². The van der Waals surface area contributed by atoms with Gasteiger partial charge in [0, 0.05) is 61.6 Å². The van der Waals surface area contributed by atoms with Crippen LogP contribution in [0.5, 0.6) is 0 Å². The first-order chi connectivity index (χ1) is 35.7. The first-order valence-electron chi connectivity index (χ1n) is 26.7. The van der Waals surface area contributed by atoms with Crippen LogP contribution in [-0.2, 0) is 21.7 Å². The number of benzene rings is 9. The van der Waals surface area contributed by atoms with Gasteiger partial charge in [0.15, 0.2) is 17.5 Å². The summed E-state index contributed by atoms with van der Waals surface area (Å²) in [5, 5.41) is 4.82. The van der Waals surface area contributed by atoms with Gasteiger partial charge in [-0.05, 0) is 107 Å². The smallest absolute Gasteiger partial charge is 0.252 e. The van der Waals surface area contributed by atoms with E-state index in [4.69, 9.17) is 15.0 Å². The summed E-state index contributed by atoms with van der Waals surface area (Å²) in [7, 11) is 0. The summed E-state index contributed by atoms with van der Waals surface area (Å²) in [6.07, 6.45) is 0. The molecule has 0 amide bonds. The van der Waals surface area contributed by atoms with Gasteiger partial charge in [0.1, 0.15) is 0 Å². The summed E-state index contributed by atoms with van der Waals surface area (Å²) >= 11 is 0. The molecule has 0 aliphatic carbocycles. The van der Waals surface area contributed by atoms with Gasteiger partial charge in [0.2, 0.25) is 0 Å². The van der Waals surface area contributed by atoms with Gasteiger partial charge in [-0.2, -0.15) is 0 Å². The predicted octanol–water partition coefficient (Wildman–Crippen LogP) is 16.5. The van der Waals surface area contributed by atoms with Crippen LogP contribution in [0.2, 0.25) is 0 Å². The summed E-state index contributed by atoms with van der Waals surface area (Å²) < 4.78 is 0. The van der Waals surface area contributed by atoms with Crippen molar-refractivity contribution in [1.29, 1.82) is 0 Å². The Bertz CT molecular complexity index is 3580. The van der Waals surface area contributed by atoms with Crippen molar-refractivity contribution in [3.05, 3.63) is 204 Å². The van der Waals surface area contributed by atoms with Crippen LogP contribution in [0.3, 0.4) is 0 Å². The van der Waals surface area contributed by atoms with Crippen LogP contribution in [0.25, 0.3) is 55.7 Å². The lowest BCUT2D eigenvalue weighted by Gasteiger charge is -2.45. The first kappa shape index (κ1) is 48.1. The van der Waals surface area contributed by atoms with E-state index < -0.39 is 0 Å². The second kappa shape index (κ2) is 17.4. The molecule has 0 fully saturated rings. The fourth-order valence-corrected chi connectivity index (χ4v) is 11.3. The highest BCUT2D eigenvalue weighted by atomic mass is 15.2. The van der Waals surface area contributed by atoms with Crippen LogP contribution < -0.4 is 26.2 Å². The fourth-order valence-electron chi connectivity index (χ4n) is 11.3.